The normalized spacial score (nSPS) is 11.4. The molecule has 0 aliphatic heterocycles. The third-order valence-corrected chi connectivity index (χ3v) is 6.02. The minimum atomic E-state index is -1.07. The van der Waals surface area contributed by atoms with Crippen LogP contribution in [-0.4, -0.2) is 50.9 Å². The van der Waals surface area contributed by atoms with Gasteiger partial charge in [-0.15, -0.1) is 0 Å². The molecule has 3 aromatic heterocycles. The van der Waals surface area contributed by atoms with Gasteiger partial charge in [-0.2, -0.15) is 4.98 Å². The van der Waals surface area contributed by atoms with Gasteiger partial charge >= 0.3 is 12.1 Å². The summed E-state index contributed by atoms with van der Waals surface area (Å²) in [4.78, 5) is 37.6. The molecule has 0 aliphatic carbocycles. The van der Waals surface area contributed by atoms with E-state index in [0.29, 0.717) is 35.5 Å². The van der Waals surface area contributed by atoms with Crippen molar-refractivity contribution in [3.8, 4) is 11.1 Å². The summed E-state index contributed by atoms with van der Waals surface area (Å²) in [6, 6.07) is 7.04. The molecule has 12 heteroatoms. The molecule has 0 aliphatic rings. The van der Waals surface area contributed by atoms with Crippen LogP contribution in [0.3, 0.4) is 0 Å². The second kappa shape index (κ2) is 9.66. The van der Waals surface area contributed by atoms with Crippen molar-refractivity contribution in [2.75, 3.05) is 23.8 Å². The van der Waals surface area contributed by atoms with Crippen LogP contribution in [0.2, 0.25) is 0 Å². The molecular weight excluding hydrogens is 470 g/mol. The zero-order valence-corrected chi connectivity index (χ0v) is 20.5. The van der Waals surface area contributed by atoms with E-state index in [1.165, 1.54) is 24.6 Å². The van der Waals surface area contributed by atoms with E-state index in [1.807, 2.05) is 39.0 Å². The highest BCUT2D eigenvalue weighted by atomic mass is 32.1. The van der Waals surface area contributed by atoms with Gasteiger partial charge in [0.15, 0.2) is 11.0 Å². The fourth-order valence-corrected chi connectivity index (χ4v) is 4.03. The molecule has 182 valence electrons. The van der Waals surface area contributed by atoms with Gasteiger partial charge in [-0.3, -0.25) is 15.2 Å². The zero-order chi connectivity index (χ0) is 25.2. The molecule has 3 N–H and O–H groups in total. The summed E-state index contributed by atoms with van der Waals surface area (Å²) in [5, 5.41) is 19.1. The number of thiazole rings is 1. The Kier molecular flexibility index (Phi) is 6.65. The number of carboxylic acid groups (broad SMARTS) is 1. The first-order valence-electron chi connectivity index (χ1n) is 10.8. The minimum Gasteiger partial charge on any atom is -0.465 e. The summed E-state index contributed by atoms with van der Waals surface area (Å²) >= 11 is 1.34. The van der Waals surface area contributed by atoms with Crippen LogP contribution >= 0.6 is 11.3 Å². The molecule has 0 saturated heterocycles. The number of fused-ring (bicyclic) bond motifs is 1. The molecule has 0 unspecified atom stereocenters. The summed E-state index contributed by atoms with van der Waals surface area (Å²) in [6.45, 7) is 6.31. The number of hydrogen-bond donors (Lipinski definition) is 3. The Labute approximate surface area is 205 Å². The number of benzene rings is 1. The number of anilines is 2. The van der Waals surface area contributed by atoms with E-state index in [2.05, 4.69) is 30.7 Å². The number of carbonyl (C=O) groups excluding carboxylic acids is 1. The van der Waals surface area contributed by atoms with Crippen molar-refractivity contribution in [2.24, 2.45) is 0 Å². The summed E-state index contributed by atoms with van der Waals surface area (Å²) < 4.78 is 6.13. The van der Waals surface area contributed by atoms with Crippen LogP contribution in [0.15, 0.2) is 41.2 Å². The summed E-state index contributed by atoms with van der Waals surface area (Å²) in [5.41, 5.74) is 2.61. The highest BCUT2D eigenvalue weighted by Crippen LogP contribution is 2.31. The van der Waals surface area contributed by atoms with Gasteiger partial charge in [0.1, 0.15) is 0 Å². The van der Waals surface area contributed by atoms with E-state index < -0.39 is 6.09 Å². The Hall–Kier alpha value is -4.06. The van der Waals surface area contributed by atoms with Crippen LogP contribution in [0.4, 0.5) is 20.4 Å². The molecule has 4 aromatic rings. The number of urea groups is 1. The Bertz CT molecular complexity index is 1380. The van der Waals surface area contributed by atoms with Crippen molar-refractivity contribution in [2.45, 2.75) is 32.6 Å². The number of nitrogens with zero attached hydrogens (tertiary/aromatic N) is 5. The Morgan fingerprint density at radius 3 is 2.66 bits per heavy atom. The van der Waals surface area contributed by atoms with Crippen LogP contribution in [0, 0.1) is 0 Å². The van der Waals surface area contributed by atoms with E-state index >= 15 is 0 Å². The summed E-state index contributed by atoms with van der Waals surface area (Å²) in [5.74, 6) is 1.10. The van der Waals surface area contributed by atoms with Gasteiger partial charge < -0.3 is 14.9 Å². The molecule has 0 spiro atoms. The second-order valence-corrected chi connectivity index (χ2v) is 9.90. The van der Waals surface area contributed by atoms with Crippen molar-refractivity contribution in [1.29, 1.82) is 0 Å². The van der Waals surface area contributed by atoms with Crippen LogP contribution in [0.25, 0.3) is 21.3 Å². The zero-order valence-electron chi connectivity index (χ0n) is 19.7. The highest BCUT2D eigenvalue weighted by molar-refractivity contribution is 7.22. The lowest BCUT2D eigenvalue weighted by molar-refractivity contribution is 0.203. The monoisotopic (exact) mass is 495 g/mol. The van der Waals surface area contributed by atoms with Crippen molar-refractivity contribution < 1.29 is 19.2 Å². The van der Waals surface area contributed by atoms with Crippen molar-refractivity contribution in [3.63, 3.8) is 0 Å². The minimum absolute atomic E-state index is 0.225. The smallest absolute Gasteiger partial charge is 0.411 e. The van der Waals surface area contributed by atoms with Gasteiger partial charge in [-0.05, 0) is 23.8 Å². The fraction of sp³-hybridized carbons (Fsp3) is 0.304. The van der Waals surface area contributed by atoms with E-state index in [9.17, 15) is 14.7 Å². The van der Waals surface area contributed by atoms with Gasteiger partial charge in [0.05, 0.1) is 22.1 Å². The Balaban J connectivity index is 1.39. The lowest BCUT2D eigenvalue weighted by Gasteiger charge is -2.13. The molecule has 1 aromatic carbocycles. The molecule has 0 atom stereocenters. The molecule has 0 bridgehead atoms. The number of carbonyl (C=O) groups is 2. The van der Waals surface area contributed by atoms with Crippen LogP contribution in [-0.2, 0) is 11.8 Å². The SMILES string of the molecule is CN(C(=O)O)c1cncc(-c2ccc3nc(NC(=O)NCCc4noc(C(C)(C)C)n4)sc3c2)c1. The molecule has 0 fully saturated rings. The van der Waals surface area contributed by atoms with Gasteiger partial charge in [0.25, 0.3) is 0 Å². The van der Waals surface area contributed by atoms with Gasteiger partial charge in [-0.25, -0.2) is 14.6 Å². The highest BCUT2D eigenvalue weighted by Gasteiger charge is 2.21. The van der Waals surface area contributed by atoms with Gasteiger partial charge in [0.2, 0.25) is 5.89 Å². The van der Waals surface area contributed by atoms with Crippen molar-refractivity contribution >= 4 is 44.5 Å². The third kappa shape index (κ3) is 5.72. The number of pyridine rings is 1. The van der Waals surface area contributed by atoms with Gasteiger partial charge in [0, 0.05) is 37.2 Å². The van der Waals surface area contributed by atoms with E-state index in [1.54, 1.807) is 12.3 Å². The maximum atomic E-state index is 12.3. The van der Waals surface area contributed by atoms with Crippen molar-refractivity contribution in [3.05, 3.63) is 48.4 Å². The molecule has 4 rings (SSSR count). The number of aromatic nitrogens is 4. The molecule has 3 heterocycles. The van der Waals surface area contributed by atoms with Crippen LogP contribution < -0.4 is 15.5 Å². The van der Waals surface area contributed by atoms with Crippen molar-refractivity contribution in [1.82, 2.24) is 25.4 Å². The molecule has 35 heavy (non-hydrogen) atoms. The predicted octanol–water partition coefficient (Wildman–Crippen LogP) is 4.52. The quantitative estimate of drug-likeness (QED) is 0.354. The number of amides is 3. The number of hydrogen-bond acceptors (Lipinski definition) is 8. The molecule has 3 amide bonds. The van der Waals surface area contributed by atoms with Crippen LogP contribution in [0.5, 0.6) is 0 Å². The molecule has 0 saturated carbocycles. The first-order valence-corrected chi connectivity index (χ1v) is 11.6. The fourth-order valence-electron chi connectivity index (χ4n) is 3.13. The standard InChI is InChI=1S/C23H25N7O4S/c1-23(2,3)19-27-18(29-34-19)7-8-25-20(31)28-21-26-16-6-5-13(10-17(16)35-21)14-9-15(12-24-11-14)30(4)22(32)33/h5-6,9-12H,7-8H2,1-4H3,(H,32,33)(H2,25,26,28,31). The topological polar surface area (TPSA) is 146 Å². The largest absolute Gasteiger partial charge is 0.465 e. The average molecular weight is 496 g/mol. The number of rotatable bonds is 6. The first kappa shape index (κ1) is 24.1. The average Bonchev–Trinajstić information content (AvgIpc) is 3.44. The van der Waals surface area contributed by atoms with E-state index in [0.717, 1.165) is 26.2 Å². The maximum absolute atomic E-state index is 12.3. The second-order valence-electron chi connectivity index (χ2n) is 8.87. The summed E-state index contributed by atoms with van der Waals surface area (Å²) in [6.07, 6.45) is 2.54. The molecular formula is C23H25N7O4S. The summed E-state index contributed by atoms with van der Waals surface area (Å²) in [7, 11) is 1.46. The molecule has 0 radical (unpaired) electrons. The predicted molar refractivity (Wildman–Crippen MR) is 133 cm³/mol. The lowest BCUT2D eigenvalue weighted by Crippen LogP contribution is -2.30. The van der Waals surface area contributed by atoms with Crippen LogP contribution in [0.1, 0.15) is 32.5 Å². The third-order valence-electron chi connectivity index (χ3n) is 5.08. The maximum Gasteiger partial charge on any atom is 0.411 e. The molecule has 11 nitrogen and oxygen atoms in total. The Morgan fingerprint density at radius 1 is 1.14 bits per heavy atom. The lowest BCUT2D eigenvalue weighted by atomic mass is 9.97. The van der Waals surface area contributed by atoms with Gasteiger partial charge in [-0.1, -0.05) is 43.3 Å². The number of nitrogens with one attached hydrogen (secondary N) is 2. The first-order chi connectivity index (χ1) is 16.6. The Morgan fingerprint density at radius 2 is 1.94 bits per heavy atom. The van der Waals surface area contributed by atoms with E-state index in [4.69, 9.17) is 4.52 Å². The van der Waals surface area contributed by atoms with E-state index in [-0.39, 0.29) is 11.4 Å².